The number of β-amino-alcohol motifs (C(OH)–C–C–N with tert-alkyl or cyclic N) is 1. The number of rotatable bonds is 9. The molecule has 0 amide bonds. The number of nitrogens with zero attached hydrogens (tertiary/aromatic N) is 3. The highest BCUT2D eigenvalue weighted by Gasteiger charge is 2.29. The molecule has 2 aliphatic carbocycles. The SMILES string of the molecule is Cc1c(NC2CC2)c(O)n(CC(O)CN2CCN(c3cc(F)ccc3OC3CCCC3)CC2)c1O. The van der Waals surface area contributed by atoms with Crippen LogP contribution in [-0.2, 0) is 6.54 Å². The van der Waals surface area contributed by atoms with Crippen LogP contribution in [-0.4, -0.2) is 75.8 Å². The van der Waals surface area contributed by atoms with Crippen LogP contribution >= 0.6 is 0 Å². The molecule has 4 N–H and O–H groups in total. The number of aliphatic hydroxyl groups is 1. The third-order valence-corrected chi connectivity index (χ3v) is 7.46. The summed E-state index contributed by atoms with van der Waals surface area (Å²) >= 11 is 0. The predicted molar refractivity (Wildman–Crippen MR) is 133 cm³/mol. The van der Waals surface area contributed by atoms with Crippen LogP contribution in [0.15, 0.2) is 18.2 Å². The molecule has 1 aromatic carbocycles. The van der Waals surface area contributed by atoms with Crippen molar-refractivity contribution >= 4 is 11.4 Å². The summed E-state index contributed by atoms with van der Waals surface area (Å²) in [5.41, 5.74) is 1.95. The Kier molecular flexibility index (Phi) is 6.98. The van der Waals surface area contributed by atoms with E-state index in [0.717, 1.165) is 37.1 Å². The molecule has 1 aliphatic heterocycles. The van der Waals surface area contributed by atoms with E-state index < -0.39 is 6.10 Å². The number of aliphatic hydroxyl groups excluding tert-OH is 1. The number of hydrogen-bond acceptors (Lipinski definition) is 7. The van der Waals surface area contributed by atoms with Gasteiger partial charge in [0.15, 0.2) is 5.88 Å². The van der Waals surface area contributed by atoms with Gasteiger partial charge in [0.1, 0.15) is 17.3 Å². The normalized spacial score (nSPS) is 20.4. The molecular weight excluding hydrogens is 451 g/mol. The first-order chi connectivity index (χ1) is 16.9. The van der Waals surface area contributed by atoms with Gasteiger partial charge in [0, 0.05) is 50.4 Å². The Morgan fingerprint density at radius 2 is 1.74 bits per heavy atom. The van der Waals surface area contributed by atoms with Crippen LogP contribution in [0.5, 0.6) is 17.5 Å². The smallest absolute Gasteiger partial charge is 0.218 e. The Morgan fingerprint density at radius 1 is 1.03 bits per heavy atom. The van der Waals surface area contributed by atoms with Crippen LogP contribution in [0.3, 0.4) is 0 Å². The predicted octanol–water partition coefficient (Wildman–Crippen LogP) is 3.43. The van der Waals surface area contributed by atoms with Gasteiger partial charge >= 0.3 is 0 Å². The standard InChI is InChI=1S/C26H37FN4O4/c1-17-24(28-19-7-8-19)26(34)31(25(17)33)16-20(32)15-29-10-12-30(13-11-29)22-14-18(27)6-9-23(22)35-21-4-2-3-5-21/h6,9,14,19-21,28,32-34H,2-5,7-8,10-13,15-16H2,1H3. The lowest BCUT2D eigenvalue weighted by atomic mass is 10.2. The largest absolute Gasteiger partial charge is 0.494 e. The van der Waals surface area contributed by atoms with Crippen molar-refractivity contribution in [3.05, 3.63) is 29.6 Å². The van der Waals surface area contributed by atoms with Gasteiger partial charge in [0.05, 0.1) is 24.4 Å². The Labute approximate surface area is 205 Å². The Bertz CT molecular complexity index is 1030. The van der Waals surface area contributed by atoms with E-state index in [-0.39, 0.29) is 30.2 Å². The zero-order valence-corrected chi connectivity index (χ0v) is 20.4. The van der Waals surface area contributed by atoms with Crippen molar-refractivity contribution in [2.45, 2.75) is 70.2 Å². The molecular formula is C26H37FN4O4. The summed E-state index contributed by atoms with van der Waals surface area (Å²) in [4.78, 5) is 4.31. The quantitative estimate of drug-likeness (QED) is 0.430. The highest BCUT2D eigenvalue weighted by atomic mass is 19.1. The van der Waals surface area contributed by atoms with E-state index in [1.54, 1.807) is 19.1 Å². The molecule has 2 aromatic rings. The van der Waals surface area contributed by atoms with Crippen molar-refractivity contribution in [2.75, 3.05) is 42.9 Å². The van der Waals surface area contributed by atoms with Crippen molar-refractivity contribution in [1.82, 2.24) is 9.47 Å². The summed E-state index contributed by atoms with van der Waals surface area (Å²) in [6.07, 6.45) is 6.03. The lowest BCUT2D eigenvalue weighted by molar-refractivity contribution is 0.0908. The Morgan fingerprint density at radius 3 is 2.43 bits per heavy atom. The first-order valence-corrected chi connectivity index (χ1v) is 12.9. The third kappa shape index (κ3) is 5.46. The number of halogens is 1. The van der Waals surface area contributed by atoms with Crippen LogP contribution in [0.4, 0.5) is 15.8 Å². The first-order valence-electron chi connectivity index (χ1n) is 12.9. The fourth-order valence-electron chi connectivity index (χ4n) is 5.26. The zero-order valence-electron chi connectivity index (χ0n) is 20.4. The van der Waals surface area contributed by atoms with Crippen LogP contribution in [0, 0.1) is 12.7 Å². The number of aromatic hydroxyl groups is 2. The summed E-state index contributed by atoms with van der Waals surface area (Å²) in [6.45, 7) is 5.12. The number of ether oxygens (including phenoxy) is 1. The fraction of sp³-hybridized carbons (Fsp3) is 0.615. The summed E-state index contributed by atoms with van der Waals surface area (Å²) in [7, 11) is 0. The minimum atomic E-state index is -0.755. The Balaban J connectivity index is 1.17. The molecule has 0 bridgehead atoms. The molecule has 0 spiro atoms. The van der Waals surface area contributed by atoms with Gasteiger partial charge in [-0.25, -0.2) is 4.39 Å². The van der Waals surface area contributed by atoms with Crippen molar-refractivity contribution in [1.29, 1.82) is 0 Å². The maximum atomic E-state index is 14.1. The van der Waals surface area contributed by atoms with Crippen LogP contribution in [0.1, 0.15) is 44.1 Å². The molecule has 9 heteroatoms. The van der Waals surface area contributed by atoms with Gasteiger partial charge in [-0.2, -0.15) is 0 Å². The molecule has 2 heterocycles. The second-order valence-electron chi connectivity index (χ2n) is 10.3. The van der Waals surface area contributed by atoms with Crippen molar-refractivity contribution in [3.63, 3.8) is 0 Å². The molecule has 192 valence electrons. The van der Waals surface area contributed by atoms with Gasteiger partial charge in [-0.1, -0.05) is 0 Å². The van der Waals surface area contributed by atoms with Gasteiger partial charge < -0.3 is 30.3 Å². The van der Waals surface area contributed by atoms with Crippen molar-refractivity contribution < 1.29 is 24.4 Å². The topological polar surface area (TPSA) is 93.4 Å². The molecule has 2 saturated carbocycles. The summed E-state index contributed by atoms with van der Waals surface area (Å²) < 4.78 is 21.7. The van der Waals surface area contributed by atoms with E-state index in [1.807, 2.05) is 0 Å². The molecule has 5 rings (SSSR count). The van der Waals surface area contributed by atoms with Crippen molar-refractivity contribution in [3.8, 4) is 17.5 Å². The summed E-state index contributed by atoms with van der Waals surface area (Å²) in [5.74, 6) is 0.428. The van der Waals surface area contributed by atoms with Gasteiger partial charge in [0.2, 0.25) is 5.88 Å². The zero-order chi connectivity index (χ0) is 24.5. The summed E-state index contributed by atoms with van der Waals surface area (Å²) in [5, 5.41) is 35.1. The molecule has 1 unspecified atom stereocenters. The summed E-state index contributed by atoms with van der Waals surface area (Å²) in [6, 6.07) is 5.10. The van der Waals surface area contributed by atoms with Crippen LogP contribution in [0.2, 0.25) is 0 Å². The van der Waals surface area contributed by atoms with E-state index in [4.69, 9.17) is 4.74 Å². The Hall–Kier alpha value is -2.65. The second-order valence-corrected chi connectivity index (χ2v) is 10.3. The lowest BCUT2D eigenvalue weighted by Crippen LogP contribution is -2.49. The molecule has 8 nitrogen and oxygen atoms in total. The molecule has 1 saturated heterocycles. The number of hydrogen-bond donors (Lipinski definition) is 4. The van der Waals surface area contributed by atoms with Crippen LogP contribution in [0.25, 0.3) is 0 Å². The molecule has 1 atom stereocenters. The average molecular weight is 489 g/mol. The van der Waals surface area contributed by atoms with Crippen LogP contribution < -0.4 is 15.0 Å². The van der Waals surface area contributed by atoms with Gasteiger partial charge in [-0.15, -0.1) is 0 Å². The highest BCUT2D eigenvalue weighted by Crippen LogP contribution is 2.40. The molecule has 35 heavy (non-hydrogen) atoms. The molecule has 0 radical (unpaired) electrons. The minimum Gasteiger partial charge on any atom is -0.494 e. The maximum Gasteiger partial charge on any atom is 0.218 e. The van der Waals surface area contributed by atoms with E-state index in [1.165, 1.54) is 23.5 Å². The molecule has 3 fully saturated rings. The van der Waals surface area contributed by atoms with E-state index >= 15 is 0 Å². The number of anilines is 2. The average Bonchev–Trinajstić information content (AvgIpc) is 3.49. The first kappa shape index (κ1) is 24.1. The third-order valence-electron chi connectivity index (χ3n) is 7.46. The second kappa shape index (κ2) is 10.1. The van der Waals surface area contributed by atoms with E-state index in [2.05, 4.69) is 15.1 Å². The molecule has 3 aliphatic rings. The number of benzene rings is 1. The van der Waals surface area contributed by atoms with Gasteiger partial charge in [0.25, 0.3) is 0 Å². The number of piperazine rings is 1. The highest BCUT2D eigenvalue weighted by molar-refractivity contribution is 5.65. The fourth-order valence-corrected chi connectivity index (χ4v) is 5.26. The van der Waals surface area contributed by atoms with Gasteiger partial charge in [-0.05, 0) is 57.6 Å². The monoisotopic (exact) mass is 488 g/mol. The number of aromatic nitrogens is 1. The van der Waals surface area contributed by atoms with E-state index in [9.17, 15) is 19.7 Å². The van der Waals surface area contributed by atoms with Crippen molar-refractivity contribution in [2.24, 2.45) is 0 Å². The lowest BCUT2D eigenvalue weighted by Gasteiger charge is -2.37. The minimum absolute atomic E-state index is 0.0181. The van der Waals surface area contributed by atoms with Gasteiger partial charge in [-0.3, -0.25) is 9.47 Å². The number of nitrogens with one attached hydrogen (secondary N) is 1. The molecule has 1 aromatic heterocycles. The van der Waals surface area contributed by atoms with E-state index in [0.29, 0.717) is 50.0 Å². The maximum absolute atomic E-state index is 14.1.